The molecule has 0 amide bonds. The highest BCUT2D eigenvalue weighted by Gasteiger charge is 2.08. The number of hydrogen-bond donors (Lipinski definition) is 0. The molecular formula is C22H27NO2. The molecule has 0 aromatic heterocycles. The van der Waals surface area contributed by atoms with Gasteiger partial charge in [0.15, 0.2) is 11.5 Å². The van der Waals surface area contributed by atoms with Crippen LogP contribution in [-0.2, 0) is 6.61 Å². The Bertz CT molecular complexity index is 676. The lowest BCUT2D eigenvalue weighted by Crippen LogP contribution is -2.29. The average Bonchev–Trinajstić information content (AvgIpc) is 2.68. The van der Waals surface area contributed by atoms with Crippen molar-refractivity contribution in [3.8, 4) is 11.5 Å². The Morgan fingerprint density at radius 2 is 1.76 bits per heavy atom. The minimum atomic E-state index is 0.543. The molecule has 3 heteroatoms. The molecule has 3 rings (SSSR count). The topological polar surface area (TPSA) is 21.7 Å². The zero-order valence-corrected chi connectivity index (χ0v) is 15.0. The number of methoxy groups -OCH3 is 1. The summed E-state index contributed by atoms with van der Waals surface area (Å²) in [6.07, 6.45) is 8.44. The molecule has 0 unspecified atom stereocenters. The van der Waals surface area contributed by atoms with E-state index in [4.69, 9.17) is 9.47 Å². The average molecular weight is 337 g/mol. The van der Waals surface area contributed by atoms with Gasteiger partial charge in [-0.05, 0) is 49.2 Å². The van der Waals surface area contributed by atoms with Crippen LogP contribution >= 0.6 is 0 Å². The van der Waals surface area contributed by atoms with E-state index in [2.05, 4.69) is 35.3 Å². The van der Waals surface area contributed by atoms with Crippen LogP contribution < -0.4 is 9.47 Å². The zero-order chi connectivity index (χ0) is 17.3. The van der Waals surface area contributed by atoms with Crippen LogP contribution in [0.15, 0.2) is 54.6 Å². The Labute approximate surface area is 150 Å². The number of piperidine rings is 1. The highest BCUT2D eigenvalue weighted by atomic mass is 16.5. The van der Waals surface area contributed by atoms with Crippen molar-refractivity contribution in [1.82, 2.24) is 4.90 Å². The first-order valence-electron chi connectivity index (χ1n) is 9.09. The van der Waals surface area contributed by atoms with Crippen LogP contribution in [0, 0.1) is 0 Å². The number of rotatable bonds is 7. The number of ether oxygens (including phenoxy) is 2. The number of hydrogen-bond acceptors (Lipinski definition) is 3. The fraction of sp³-hybridized carbons (Fsp3) is 0.364. The fourth-order valence-corrected chi connectivity index (χ4v) is 3.12. The maximum atomic E-state index is 5.91. The molecule has 0 aliphatic carbocycles. The summed E-state index contributed by atoms with van der Waals surface area (Å²) in [6.45, 7) is 4.01. The molecule has 3 nitrogen and oxygen atoms in total. The summed E-state index contributed by atoms with van der Waals surface area (Å²) in [7, 11) is 1.69. The first-order valence-corrected chi connectivity index (χ1v) is 9.09. The molecule has 0 atom stereocenters. The molecule has 1 saturated heterocycles. The molecule has 2 aromatic rings. The van der Waals surface area contributed by atoms with Crippen LogP contribution in [-0.4, -0.2) is 31.6 Å². The predicted octanol–water partition coefficient (Wildman–Crippen LogP) is 4.77. The smallest absolute Gasteiger partial charge is 0.161 e. The Hall–Kier alpha value is -2.26. The first-order chi connectivity index (χ1) is 12.3. The molecule has 1 heterocycles. The molecular weight excluding hydrogens is 310 g/mol. The Morgan fingerprint density at radius 3 is 2.52 bits per heavy atom. The van der Waals surface area contributed by atoms with Gasteiger partial charge in [-0.2, -0.15) is 0 Å². The third kappa shape index (κ3) is 5.36. The van der Waals surface area contributed by atoms with Gasteiger partial charge in [-0.1, -0.05) is 55.0 Å². The third-order valence-corrected chi connectivity index (χ3v) is 4.55. The van der Waals surface area contributed by atoms with Gasteiger partial charge in [-0.25, -0.2) is 0 Å². The van der Waals surface area contributed by atoms with Crippen LogP contribution in [0.3, 0.4) is 0 Å². The molecule has 1 aliphatic heterocycles. The van der Waals surface area contributed by atoms with E-state index in [1.54, 1.807) is 7.11 Å². The molecule has 0 N–H and O–H groups in total. The fourth-order valence-electron chi connectivity index (χ4n) is 3.12. The molecule has 25 heavy (non-hydrogen) atoms. The highest BCUT2D eigenvalue weighted by Crippen LogP contribution is 2.29. The quantitative estimate of drug-likeness (QED) is 0.726. The summed E-state index contributed by atoms with van der Waals surface area (Å²) < 4.78 is 11.4. The van der Waals surface area contributed by atoms with Gasteiger partial charge in [0, 0.05) is 6.54 Å². The Balaban J connectivity index is 1.58. The van der Waals surface area contributed by atoms with Crippen LogP contribution in [0.1, 0.15) is 30.4 Å². The van der Waals surface area contributed by atoms with Gasteiger partial charge in [0.1, 0.15) is 6.61 Å². The van der Waals surface area contributed by atoms with E-state index in [-0.39, 0.29) is 0 Å². The van der Waals surface area contributed by atoms with Crippen molar-refractivity contribution >= 4 is 6.08 Å². The summed E-state index contributed by atoms with van der Waals surface area (Å²) in [5, 5.41) is 0. The molecule has 0 radical (unpaired) electrons. The van der Waals surface area contributed by atoms with Gasteiger partial charge in [-0.15, -0.1) is 0 Å². The van der Waals surface area contributed by atoms with Crippen molar-refractivity contribution in [3.63, 3.8) is 0 Å². The first kappa shape index (κ1) is 17.6. The normalized spacial score (nSPS) is 15.4. The van der Waals surface area contributed by atoms with Crippen LogP contribution in [0.2, 0.25) is 0 Å². The summed E-state index contributed by atoms with van der Waals surface area (Å²) in [6, 6.07) is 16.3. The predicted molar refractivity (Wildman–Crippen MR) is 103 cm³/mol. The SMILES string of the molecule is COc1cc(/C=C/CN2CCCCC2)ccc1OCc1ccccc1. The molecule has 0 saturated carbocycles. The molecule has 0 bridgehead atoms. The largest absolute Gasteiger partial charge is 0.493 e. The van der Waals surface area contributed by atoms with Gasteiger partial charge < -0.3 is 9.47 Å². The van der Waals surface area contributed by atoms with Crippen LogP contribution in [0.5, 0.6) is 11.5 Å². The van der Waals surface area contributed by atoms with Crippen molar-refractivity contribution in [1.29, 1.82) is 0 Å². The second kappa shape index (κ2) is 9.28. The summed E-state index contributed by atoms with van der Waals surface area (Å²) >= 11 is 0. The standard InChI is InChI=1S/C22H27NO2/c1-24-22-17-19(11-8-16-23-14-6-3-7-15-23)12-13-21(22)25-18-20-9-4-2-5-10-20/h2,4-5,8-13,17H,3,6-7,14-16,18H2,1H3/b11-8+. The van der Waals surface area contributed by atoms with Gasteiger partial charge in [0.25, 0.3) is 0 Å². The third-order valence-electron chi connectivity index (χ3n) is 4.55. The molecule has 1 aliphatic rings. The number of nitrogens with zero attached hydrogens (tertiary/aromatic N) is 1. The lowest BCUT2D eigenvalue weighted by Gasteiger charge is -2.24. The number of benzene rings is 2. The summed E-state index contributed by atoms with van der Waals surface area (Å²) in [5.74, 6) is 1.55. The zero-order valence-electron chi connectivity index (χ0n) is 15.0. The van der Waals surface area contributed by atoms with Crippen molar-refractivity contribution in [2.75, 3.05) is 26.7 Å². The second-order valence-electron chi connectivity index (χ2n) is 6.45. The van der Waals surface area contributed by atoms with Crippen molar-refractivity contribution in [2.24, 2.45) is 0 Å². The highest BCUT2D eigenvalue weighted by molar-refractivity contribution is 5.56. The van der Waals surface area contributed by atoms with E-state index in [0.717, 1.165) is 29.2 Å². The van der Waals surface area contributed by atoms with Gasteiger partial charge in [-0.3, -0.25) is 4.90 Å². The van der Waals surface area contributed by atoms with E-state index in [1.165, 1.54) is 32.4 Å². The monoisotopic (exact) mass is 337 g/mol. The molecule has 2 aromatic carbocycles. The van der Waals surface area contributed by atoms with Crippen LogP contribution in [0.4, 0.5) is 0 Å². The Morgan fingerprint density at radius 1 is 0.960 bits per heavy atom. The maximum Gasteiger partial charge on any atom is 0.161 e. The Kier molecular flexibility index (Phi) is 6.52. The maximum absolute atomic E-state index is 5.91. The van der Waals surface area contributed by atoms with Crippen LogP contribution in [0.25, 0.3) is 6.08 Å². The minimum absolute atomic E-state index is 0.543. The van der Waals surface area contributed by atoms with Gasteiger partial charge in [0.05, 0.1) is 7.11 Å². The van der Waals surface area contributed by atoms with E-state index < -0.39 is 0 Å². The molecule has 1 fully saturated rings. The van der Waals surface area contributed by atoms with E-state index >= 15 is 0 Å². The van der Waals surface area contributed by atoms with Crippen molar-refractivity contribution < 1.29 is 9.47 Å². The lowest BCUT2D eigenvalue weighted by atomic mass is 10.1. The van der Waals surface area contributed by atoms with E-state index in [9.17, 15) is 0 Å². The number of likely N-dealkylation sites (tertiary alicyclic amines) is 1. The van der Waals surface area contributed by atoms with E-state index in [0.29, 0.717) is 6.61 Å². The van der Waals surface area contributed by atoms with E-state index in [1.807, 2.05) is 30.3 Å². The second-order valence-corrected chi connectivity index (χ2v) is 6.45. The molecule has 0 spiro atoms. The lowest BCUT2D eigenvalue weighted by molar-refractivity contribution is 0.252. The van der Waals surface area contributed by atoms with Crippen molar-refractivity contribution in [3.05, 3.63) is 65.7 Å². The minimum Gasteiger partial charge on any atom is -0.493 e. The summed E-state index contributed by atoms with van der Waals surface area (Å²) in [5.41, 5.74) is 2.29. The molecule has 132 valence electrons. The summed E-state index contributed by atoms with van der Waals surface area (Å²) in [4.78, 5) is 2.51. The van der Waals surface area contributed by atoms with Crippen molar-refractivity contribution in [2.45, 2.75) is 25.9 Å². The van der Waals surface area contributed by atoms with Gasteiger partial charge >= 0.3 is 0 Å². The van der Waals surface area contributed by atoms with Gasteiger partial charge in [0.2, 0.25) is 0 Å².